The molecule has 1 nitrogen and oxygen atoms in total. The number of benzene rings is 7. The third-order valence-corrected chi connectivity index (χ3v) is 10.4. The van der Waals surface area contributed by atoms with Crippen LogP contribution in [0.2, 0.25) is 0 Å². The molecule has 0 radical (unpaired) electrons. The van der Waals surface area contributed by atoms with Crippen LogP contribution < -0.4 is 4.90 Å². The van der Waals surface area contributed by atoms with Gasteiger partial charge in [-0.05, 0) is 97.6 Å². The minimum Gasteiger partial charge on any atom is -0.310 e. The van der Waals surface area contributed by atoms with Crippen LogP contribution in [0.5, 0.6) is 0 Å². The first-order valence-electron chi connectivity index (χ1n) is 16.6. The quantitative estimate of drug-likeness (QED) is 0.190. The maximum Gasteiger partial charge on any atom is 0.0465 e. The average molecular weight is 602 g/mol. The molecule has 0 aliphatic heterocycles. The van der Waals surface area contributed by atoms with Crippen molar-refractivity contribution in [3.05, 3.63) is 198 Å². The topological polar surface area (TPSA) is 3.24 Å². The van der Waals surface area contributed by atoms with E-state index in [4.69, 9.17) is 0 Å². The molecule has 47 heavy (non-hydrogen) atoms. The molecule has 0 amide bonds. The first-order chi connectivity index (χ1) is 23.1. The summed E-state index contributed by atoms with van der Waals surface area (Å²) >= 11 is 0. The highest BCUT2D eigenvalue weighted by atomic mass is 15.1. The average Bonchev–Trinajstić information content (AvgIpc) is 3.58. The Balaban J connectivity index is 1.19. The number of fused-ring (bicyclic) bond motifs is 6. The van der Waals surface area contributed by atoms with Gasteiger partial charge >= 0.3 is 0 Å². The van der Waals surface area contributed by atoms with Crippen molar-refractivity contribution < 1.29 is 0 Å². The predicted octanol–water partition coefficient (Wildman–Crippen LogP) is 12.3. The second-order valence-electron chi connectivity index (χ2n) is 13.3. The lowest BCUT2D eigenvalue weighted by molar-refractivity contribution is 0.660. The van der Waals surface area contributed by atoms with Crippen LogP contribution in [0, 0.1) is 0 Å². The van der Waals surface area contributed by atoms with Gasteiger partial charge in [0.15, 0.2) is 0 Å². The van der Waals surface area contributed by atoms with Gasteiger partial charge in [0.2, 0.25) is 0 Å². The molecule has 2 aliphatic carbocycles. The lowest BCUT2D eigenvalue weighted by Gasteiger charge is -2.28. The van der Waals surface area contributed by atoms with Gasteiger partial charge in [-0.1, -0.05) is 147 Å². The van der Waals surface area contributed by atoms with Gasteiger partial charge in [-0.2, -0.15) is 0 Å². The highest BCUT2D eigenvalue weighted by molar-refractivity contribution is 5.90. The van der Waals surface area contributed by atoms with E-state index in [2.05, 4.69) is 189 Å². The molecule has 0 atom stereocenters. The molecular weight excluding hydrogens is 567 g/mol. The van der Waals surface area contributed by atoms with E-state index < -0.39 is 0 Å². The van der Waals surface area contributed by atoms with Crippen LogP contribution in [0.1, 0.15) is 47.6 Å². The van der Waals surface area contributed by atoms with Crippen molar-refractivity contribution in [2.45, 2.75) is 25.2 Å². The molecule has 0 N–H and O–H groups in total. The smallest absolute Gasteiger partial charge is 0.0465 e. The van der Waals surface area contributed by atoms with E-state index in [1.54, 1.807) is 0 Å². The second kappa shape index (κ2) is 10.7. The van der Waals surface area contributed by atoms with E-state index in [-0.39, 0.29) is 11.3 Å². The molecule has 7 aromatic carbocycles. The van der Waals surface area contributed by atoms with Gasteiger partial charge in [-0.3, -0.25) is 0 Å². The van der Waals surface area contributed by atoms with Gasteiger partial charge < -0.3 is 4.90 Å². The summed E-state index contributed by atoms with van der Waals surface area (Å²) in [5, 5.41) is 0. The summed E-state index contributed by atoms with van der Waals surface area (Å²) in [6, 6.07) is 62.3. The zero-order chi connectivity index (χ0) is 31.5. The molecule has 0 saturated heterocycles. The number of nitrogens with zero attached hydrogens (tertiary/aromatic N) is 1. The highest BCUT2D eigenvalue weighted by Gasteiger charge is 2.40. The van der Waals surface area contributed by atoms with Gasteiger partial charge in [0.05, 0.1) is 0 Å². The van der Waals surface area contributed by atoms with E-state index >= 15 is 0 Å². The molecule has 0 unspecified atom stereocenters. The molecule has 0 spiro atoms. The van der Waals surface area contributed by atoms with E-state index in [0.29, 0.717) is 0 Å². The Kier molecular flexibility index (Phi) is 6.30. The molecule has 0 heterocycles. The predicted molar refractivity (Wildman–Crippen MR) is 197 cm³/mol. The van der Waals surface area contributed by atoms with Gasteiger partial charge in [0, 0.05) is 28.4 Å². The third-order valence-electron chi connectivity index (χ3n) is 10.4. The summed E-state index contributed by atoms with van der Waals surface area (Å²) < 4.78 is 0. The molecule has 9 rings (SSSR count). The van der Waals surface area contributed by atoms with Crippen molar-refractivity contribution in [1.29, 1.82) is 0 Å². The number of hydrogen-bond acceptors (Lipinski definition) is 1. The van der Waals surface area contributed by atoms with Crippen LogP contribution in [-0.4, -0.2) is 0 Å². The minimum absolute atomic E-state index is 0.145. The van der Waals surface area contributed by atoms with Crippen molar-refractivity contribution in [2.75, 3.05) is 4.90 Å². The van der Waals surface area contributed by atoms with Gasteiger partial charge in [0.25, 0.3) is 0 Å². The largest absolute Gasteiger partial charge is 0.310 e. The lowest BCUT2D eigenvalue weighted by Crippen LogP contribution is -2.16. The second-order valence-corrected chi connectivity index (χ2v) is 13.3. The fraction of sp³-hybridized carbons (Fsp3) is 0.0870. The summed E-state index contributed by atoms with van der Waals surface area (Å²) in [6.45, 7) is 4.78. The fourth-order valence-corrected chi connectivity index (χ4v) is 8.13. The molecule has 0 fully saturated rings. The van der Waals surface area contributed by atoms with E-state index in [1.807, 2.05) is 0 Å². The summed E-state index contributed by atoms with van der Waals surface area (Å²) in [5.74, 6) is 0.211. The van der Waals surface area contributed by atoms with Crippen molar-refractivity contribution in [2.24, 2.45) is 0 Å². The first-order valence-corrected chi connectivity index (χ1v) is 16.6. The molecule has 0 aromatic heterocycles. The Morgan fingerprint density at radius 2 is 0.936 bits per heavy atom. The number of rotatable bonds is 5. The SMILES string of the molecule is CC1(C)c2cc(N(c3ccccc3)c3ccc(-c4ccccc4)cc3)ccc2-c2c(C3c4ccccc4-c4ccccc43)cccc21. The van der Waals surface area contributed by atoms with E-state index in [1.165, 1.54) is 66.9 Å². The van der Waals surface area contributed by atoms with Crippen LogP contribution in [0.25, 0.3) is 33.4 Å². The van der Waals surface area contributed by atoms with Crippen molar-refractivity contribution >= 4 is 17.1 Å². The Hall–Kier alpha value is -5.66. The normalized spacial score (nSPS) is 13.8. The molecule has 224 valence electrons. The minimum atomic E-state index is -0.145. The van der Waals surface area contributed by atoms with Crippen LogP contribution in [0.15, 0.2) is 170 Å². The number of para-hydroxylation sites is 1. The Labute approximate surface area is 277 Å². The summed E-state index contributed by atoms with van der Waals surface area (Å²) in [6.07, 6.45) is 0. The zero-order valence-corrected chi connectivity index (χ0v) is 26.7. The van der Waals surface area contributed by atoms with Crippen LogP contribution >= 0.6 is 0 Å². The molecular formula is C46H35N. The Morgan fingerprint density at radius 1 is 0.404 bits per heavy atom. The Bertz CT molecular complexity index is 2220. The maximum absolute atomic E-state index is 2.44. The van der Waals surface area contributed by atoms with Gasteiger partial charge in [-0.25, -0.2) is 0 Å². The van der Waals surface area contributed by atoms with E-state index in [9.17, 15) is 0 Å². The summed E-state index contributed by atoms with van der Waals surface area (Å²) in [4.78, 5) is 2.39. The van der Waals surface area contributed by atoms with Crippen molar-refractivity contribution in [3.63, 3.8) is 0 Å². The lowest BCUT2D eigenvalue weighted by atomic mass is 9.80. The van der Waals surface area contributed by atoms with Crippen LogP contribution in [0.3, 0.4) is 0 Å². The number of hydrogen-bond donors (Lipinski definition) is 0. The molecule has 0 saturated carbocycles. The summed E-state index contributed by atoms with van der Waals surface area (Å²) in [5.41, 5.74) is 18.2. The van der Waals surface area contributed by atoms with Crippen LogP contribution in [-0.2, 0) is 5.41 Å². The monoisotopic (exact) mass is 601 g/mol. The van der Waals surface area contributed by atoms with Gasteiger partial charge in [-0.15, -0.1) is 0 Å². The Morgan fingerprint density at radius 3 is 1.62 bits per heavy atom. The van der Waals surface area contributed by atoms with E-state index in [0.717, 1.165) is 11.4 Å². The maximum atomic E-state index is 2.44. The zero-order valence-electron chi connectivity index (χ0n) is 26.7. The fourth-order valence-electron chi connectivity index (χ4n) is 8.13. The standard InChI is InChI=1S/C46H35N/c1-46(2)42-23-13-22-41(44-38-20-11-9-18-36(38)37-19-10-12-21-39(37)44)45(42)40-29-28-35(30-43(40)46)47(33-16-7-4-8-17-33)34-26-24-32(25-27-34)31-14-5-3-6-15-31/h3-30,44H,1-2H3. The first kappa shape index (κ1) is 27.6. The van der Waals surface area contributed by atoms with Crippen LogP contribution in [0.4, 0.5) is 17.1 Å². The molecule has 7 aromatic rings. The van der Waals surface area contributed by atoms with Crippen molar-refractivity contribution in [1.82, 2.24) is 0 Å². The molecule has 1 heteroatoms. The van der Waals surface area contributed by atoms with Crippen molar-refractivity contribution in [3.8, 4) is 33.4 Å². The molecule has 2 aliphatic rings. The highest BCUT2D eigenvalue weighted by Crippen LogP contribution is 2.56. The third kappa shape index (κ3) is 4.31. The number of anilines is 3. The summed E-state index contributed by atoms with van der Waals surface area (Å²) in [7, 11) is 0. The molecule has 0 bridgehead atoms. The van der Waals surface area contributed by atoms with Gasteiger partial charge in [0.1, 0.15) is 0 Å².